The average Bonchev–Trinajstić information content (AvgIpc) is 2.39. The van der Waals surface area contributed by atoms with Gasteiger partial charge in [-0.1, -0.05) is 6.92 Å². The molecule has 2 rings (SSSR count). The normalized spacial score (nSPS) is 30.3. The number of rotatable bonds is 3. The predicted octanol–water partition coefficient (Wildman–Crippen LogP) is 1.01. The zero-order valence-electron chi connectivity index (χ0n) is 10.8. The van der Waals surface area contributed by atoms with Crippen molar-refractivity contribution in [1.29, 1.82) is 0 Å². The maximum absolute atomic E-state index is 11.9. The van der Waals surface area contributed by atoms with Crippen molar-refractivity contribution in [3.63, 3.8) is 0 Å². The summed E-state index contributed by atoms with van der Waals surface area (Å²) >= 11 is 0. The number of ether oxygens (including phenoxy) is 1. The number of amides is 1. The third-order valence-electron chi connectivity index (χ3n) is 3.92. The van der Waals surface area contributed by atoms with Crippen LogP contribution < -0.4 is 5.32 Å². The van der Waals surface area contributed by atoms with Crippen LogP contribution >= 0.6 is 0 Å². The van der Waals surface area contributed by atoms with Crippen LogP contribution in [0.15, 0.2) is 0 Å². The smallest absolute Gasteiger partial charge is 0.236 e. The lowest BCUT2D eigenvalue weighted by Crippen LogP contribution is -2.46. The van der Waals surface area contributed by atoms with E-state index in [-0.39, 0.29) is 5.91 Å². The van der Waals surface area contributed by atoms with Crippen LogP contribution in [0.4, 0.5) is 0 Å². The fraction of sp³-hybridized carbons (Fsp3) is 0.923. The molecule has 0 aromatic heterocycles. The first kappa shape index (κ1) is 12.8. The molecule has 1 heterocycles. The van der Waals surface area contributed by atoms with E-state index in [4.69, 9.17) is 4.74 Å². The molecule has 1 aliphatic heterocycles. The van der Waals surface area contributed by atoms with Gasteiger partial charge in [-0.15, -0.1) is 0 Å². The second-order valence-electron chi connectivity index (χ2n) is 5.33. The first-order chi connectivity index (χ1) is 8.25. The van der Waals surface area contributed by atoms with Gasteiger partial charge < -0.3 is 15.0 Å². The molecule has 1 saturated carbocycles. The molecule has 4 heteroatoms. The van der Waals surface area contributed by atoms with Gasteiger partial charge in [0.05, 0.1) is 19.8 Å². The van der Waals surface area contributed by atoms with E-state index >= 15 is 0 Å². The summed E-state index contributed by atoms with van der Waals surface area (Å²) in [5.41, 5.74) is 0. The Kier molecular flexibility index (Phi) is 4.80. The van der Waals surface area contributed by atoms with Crippen molar-refractivity contribution < 1.29 is 9.53 Å². The van der Waals surface area contributed by atoms with Gasteiger partial charge >= 0.3 is 0 Å². The average molecular weight is 240 g/mol. The van der Waals surface area contributed by atoms with Crippen molar-refractivity contribution in [1.82, 2.24) is 10.2 Å². The van der Waals surface area contributed by atoms with Crippen molar-refractivity contribution in [2.45, 2.75) is 38.6 Å². The lowest BCUT2D eigenvalue weighted by Gasteiger charge is -2.30. The van der Waals surface area contributed by atoms with Gasteiger partial charge in [0, 0.05) is 19.1 Å². The van der Waals surface area contributed by atoms with Crippen LogP contribution in [0.3, 0.4) is 0 Å². The van der Waals surface area contributed by atoms with E-state index in [1.54, 1.807) is 0 Å². The highest BCUT2D eigenvalue weighted by atomic mass is 16.5. The molecular weight excluding hydrogens is 216 g/mol. The fourth-order valence-corrected chi connectivity index (χ4v) is 2.62. The first-order valence-corrected chi connectivity index (χ1v) is 6.84. The Hall–Kier alpha value is -0.610. The lowest BCUT2D eigenvalue weighted by atomic mass is 9.87. The largest absolute Gasteiger partial charge is 0.378 e. The Bertz CT molecular complexity index is 244. The van der Waals surface area contributed by atoms with Crippen LogP contribution in [0.5, 0.6) is 0 Å². The lowest BCUT2D eigenvalue weighted by molar-refractivity contribution is -0.134. The Morgan fingerprint density at radius 1 is 1.24 bits per heavy atom. The molecule has 1 amide bonds. The quantitative estimate of drug-likeness (QED) is 0.800. The number of nitrogens with zero attached hydrogens (tertiary/aromatic N) is 1. The summed E-state index contributed by atoms with van der Waals surface area (Å²) in [6, 6.07) is 0.552. The number of hydrogen-bond acceptors (Lipinski definition) is 3. The minimum atomic E-state index is 0.229. The van der Waals surface area contributed by atoms with Gasteiger partial charge in [-0.2, -0.15) is 0 Å². The van der Waals surface area contributed by atoms with Gasteiger partial charge in [0.25, 0.3) is 0 Å². The molecule has 4 nitrogen and oxygen atoms in total. The molecule has 1 N–H and O–H groups in total. The van der Waals surface area contributed by atoms with Crippen molar-refractivity contribution in [2.75, 3.05) is 32.8 Å². The summed E-state index contributed by atoms with van der Waals surface area (Å²) in [6.45, 7) is 5.69. The summed E-state index contributed by atoms with van der Waals surface area (Å²) in [6.07, 6.45) is 5.03. The molecule has 17 heavy (non-hydrogen) atoms. The van der Waals surface area contributed by atoms with Gasteiger partial charge in [0.2, 0.25) is 5.91 Å². The molecule has 0 bridgehead atoms. The van der Waals surface area contributed by atoms with E-state index < -0.39 is 0 Å². The Labute approximate surface area is 104 Å². The summed E-state index contributed by atoms with van der Waals surface area (Å²) in [5, 5.41) is 3.41. The maximum atomic E-state index is 11.9. The monoisotopic (exact) mass is 240 g/mol. The maximum Gasteiger partial charge on any atom is 0.236 e. The molecule has 0 aromatic carbocycles. The van der Waals surface area contributed by atoms with E-state index in [2.05, 4.69) is 12.2 Å². The second kappa shape index (κ2) is 6.36. The molecule has 2 fully saturated rings. The van der Waals surface area contributed by atoms with Crippen LogP contribution in [0.2, 0.25) is 0 Å². The molecule has 0 unspecified atom stereocenters. The SMILES string of the molecule is CC1CCC(NCC(=O)N2CCOCC2)CC1. The molecule has 0 radical (unpaired) electrons. The third-order valence-corrected chi connectivity index (χ3v) is 3.92. The van der Waals surface area contributed by atoms with E-state index in [1.807, 2.05) is 4.90 Å². The Morgan fingerprint density at radius 2 is 1.88 bits per heavy atom. The van der Waals surface area contributed by atoms with E-state index in [0.717, 1.165) is 19.0 Å². The number of hydrogen-bond donors (Lipinski definition) is 1. The van der Waals surface area contributed by atoms with Gasteiger partial charge in [-0.3, -0.25) is 4.79 Å². The van der Waals surface area contributed by atoms with Crippen LogP contribution in [0.25, 0.3) is 0 Å². The summed E-state index contributed by atoms with van der Waals surface area (Å²) in [5.74, 6) is 1.09. The highest BCUT2D eigenvalue weighted by Gasteiger charge is 2.20. The summed E-state index contributed by atoms with van der Waals surface area (Å²) < 4.78 is 5.24. The zero-order chi connectivity index (χ0) is 12.1. The minimum Gasteiger partial charge on any atom is -0.378 e. The van der Waals surface area contributed by atoms with Crippen molar-refractivity contribution in [3.05, 3.63) is 0 Å². The number of morpholine rings is 1. The number of nitrogens with one attached hydrogen (secondary N) is 1. The molecule has 0 aromatic rings. The molecule has 0 atom stereocenters. The van der Waals surface area contributed by atoms with Gasteiger partial charge in [-0.05, 0) is 31.6 Å². The van der Waals surface area contributed by atoms with Gasteiger partial charge in [0.1, 0.15) is 0 Å². The fourth-order valence-electron chi connectivity index (χ4n) is 2.62. The van der Waals surface area contributed by atoms with Crippen molar-refractivity contribution in [3.8, 4) is 0 Å². The molecule has 98 valence electrons. The summed E-state index contributed by atoms with van der Waals surface area (Å²) in [4.78, 5) is 13.8. The number of carbonyl (C=O) groups excluding carboxylic acids is 1. The highest BCUT2D eigenvalue weighted by molar-refractivity contribution is 5.78. The van der Waals surface area contributed by atoms with E-state index in [9.17, 15) is 4.79 Å². The van der Waals surface area contributed by atoms with Crippen molar-refractivity contribution >= 4 is 5.91 Å². The number of carbonyl (C=O) groups is 1. The molecule has 0 spiro atoms. The van der Waals surface area contributed by atoms with Crippen LogP contribution in [-0.4, -0.2) is 49.7 Å². The topological polar surface area (TPSA) is 41.6 Å². The van der Waals surface area contributed by atoms with Crippen LogP contribution in [0.1, 0.15) is 32.6 Å². The van der Waals surface area contributed by atoms with Gasteiger partial charge in [-0.25, -0.2) is 0 Å². The van der Waals surface area contributed by atoms with Gasteiger partial charge in [0.15, 0.2) is 0 Å². The molecule has 2 aliphatic rings. The first-order valence-electron chi connectivity index (χ1n) is 6.84. The summed E-state index contributed by atoms with van der Waals surface area (Å²) in [7, 11) is 0. The third kappa shape index (κ3) is 3.96. The van der Waals surface area contributed by atoms with E-state index in [0.29, 0.717) is 25.8 Å². The Balaban J connectivity index is 1.65. The van der Waals surface area contributed by atoms with Crippen LogP contribution in [0, 0.1) is 5.92 Å². The predicted molar refractivity (Wildman–Crippen MR) is 66.8 cm³/mol. The second-order valence-corrected chi connectivity index (χ2v) is 5.33. The molecular formula is C13H24N2O2. The molecule has 1 aliphatic carbocycles. The Morgan fingerprint density at radius 3 is 2.53 bits per heavy atom. The van der Waals surface area contributed by atoms with Crippen molar-refractivity contribution in [2.24, 2.45) is 5.92 Å². The highest BCUT2D eigenvalue weighted by Crippen LogP contribution is 2.23. The zero-order valence-corrected chi connectivity index (χ0v) is 10.8. The van der Waals surface area contributed by atoms with Crippen LogP contribution in [-0.2, 0) is 9.53 Å². The minimum absolute atomic E-state index is 0.229. The molecule has 1 saturated heterocycles. The standard InChI is InChI=1S/C13H24N2O2/c1-11-2-4-12(5-3-11)14-10-13(16)15-6-8-17-9-7-15/h11-12,14H,2-10H2,1H3. The van der Waals surface area contributed by atoms with E-state index in [1.165, 1.54) is 25.7 Å².